The average molecular weight is 350 g/mol. The number of nitrogens with one attached hydrogen (secondary N) is 1. The van der Waals surface area contributed by atoms with E-state index >= 15 is 0 Å². The molecule has 0 aliphatic carbocycles. The van der Waals surface area contributed by atoms with Gasteiger partial charge in [0.25, 0.3) is 0 Å². The standard InChI is InChI=1S/C13H10N4O4S2/c14-16-10-11(19)17(13(22)23-10)6-5-9(18)15-8-4-2-1-3-7(8)12(20)21/h1-4H,5-6H2,(H,15,18)(H,20,21). The van der Waals surface area contributed by atoms with Crippen LogP contribution in [0.25, 0.3) is 5.53 Å². The van der Waals surface area contributed by atoms with Crippen molar-refractivity contribution in [2.45, 2.75) is 6.42 Å². The molecule has 1 aromatic carbocycles. The highest BCUT2D eigenvalue weighted by Crippen LogP contribution is 2.21. The molecule has 1 heterocycles. The summed E-state index contributed by atoms with van der Waals surface area (Å²) in [6.07, 6.45) is -0.0842. The number of nitrogens with zero attached hydrogens (tertiary/aromatic N) is 3. The monoisotopic (exact) mass is 350 g/mol. The zero-order valence-corrected chi connectivity index (χ0v) is 13.2. The van der Waals surface area contributed by atoms with Gasteiger partial charge in [-0.05, 0) is 12.1 Å². The molecule has 2 N–H and O–H groups in total. The minimum absolute atomic E-state index is 0.00472. The Kier molecular flexibility index (Phi) is 5.22. The molecular weight excluding hydrogens is 340 g/mol. The lowest BCUT2D eigenvalue weighted by Crippen LogP contribution is -2.33. The van der Waals surface area contributed by atoms with Crippen molar-refractivity contribution in [1.82, 2.24) is 4.90 Å². The van der Waals surface area contributed by atoms with Crippen LogP contribution in [0.4, 0.5) is 5.69 Å². The third kappa shape index (κ3) is 3.81. The lowest BCUT2D eigenvalue weighted by atomic mass is 10.2. The molecule has 0 unspecified atom stereocenters. The Morgan fingerprint density at radius 3 is 2.70 bits per heavy atom. The molecule has 0 bridgehead atoms. The van der Waals surface area contributed by atoms with Crippen molar-refractivity contribution in [2.75, 3.05) is 11.9 Å². The lowest BCUT2D eigenvalue weighted by molar-refractivity contribution is -0.124. The van der Waals surface area contributed by atoms with Gasteiger partial charge < -0.3 is 16.0 Å². The van der Waals surface area contributed by atoms with Crippen LogP contribution < -0.4 is 5.32 Å². The molecule has 0 radical (unpaired) electrons. The number of benzene rings is 1. The number of amides is 2. The SMILES string of the molecule is [N-]=[N+]=C1SC(=S)N(CCC(=O)Nc2ccccc2C(=O)O)C1=O. The number of hydrogen-bond acceptors (Lipinski definition) is 5. The molecule has 2 amide bonds. The summed E-state index contributed by atoms with van der Waals surface area (Å²) in [5.41, 5.74) is 8.80. The molecule has 10 heteroatoms. The summed E-state index contributed by atoms with van der Waals surface area (Å²) in [6, 6.07) is 5.99. The van der Waals surface area contributed by atoms with Crippen LogP contribution in [0.15, 0.2) is 24.3 Å². The number of para-hydroxylation sites is 1. The van der Waals surface area contributed by atoms with Crippen LogP contribution in [0.5, 0.6) is 0 Å². The van der Waals surface area contributed by atoms with E-state index in [0.29, 0.717) is 0 Å². The zero-order chi connectivity index (χ0) is 17.0. The number of carbonyl (C=O) groups is 3. The summed E-state index contributed by atoms with van der Waals surface area (Å²) in [4.78, 5) is 38.8. The van der Waals surface area contributed by atoms with E-state index in [2.05, 4.69) is 10.1 Å². The highest BCUT2D eigenvalue weighted by molar-refractivity contribution is 8.34. The maximum absolute atomic E-state index is 11.9. The maximum atomic E-state index is 11.9. The molecule has 2 rings (SSSR count). The second-order valence-corrected chi connectivity index (χ2v) is 6.00. The van der Waals surface area contributed by atoms with Crippen molar-refractivity contribution in [3.63, 3.8) is 0 Å². The topological polar surface area (TPSA) is 123 Å². The van der Waals surface area contributed by atoms with Crippen molar-refractivity contribution >= 4 is 56.8 Å². The average Bonchev–Trinajstić information content (AvgIpc) is 2.79. The second kappa shape index (κ2) is 7.14. The highest BCUT2D eigenvalue weighted by atomic mass is 32.2. The van der Waals surface area contributed by atoms with E-state index in [1.165, 1.54) is 12.1 Å². The molecule has 118 valence electrons. The van der Waals surface area contributed by atoms with Crippen molar-refractivity contribution in [2.24, 2.45) is 0 Å². The molecule has 23 heavy (non-hydrogen) atoms. The van der Waals surface area contributed by atoms with Gasteiger partial charge in [0, 0.05) is 24.7 Å². The Labute approximate surface area is 140 Å². The number of anilines is 1. The van der Waals surface area contributed by atoms with E-state index in [9.17, 15) is 14.4 Å². The van der Waals surface area contributed by atoms with Gasteiger partial charge in [0.2, 0.25) is 5.91 Å². The maximum Gasteiger partial charge on any atom is 0.420 e. The summed E-state index contributed by atoms with van der Waals surface area (Å²) < 4.78 is 0.196. The molecule has 1 aliphatic rings. The van der Waals surface area contributed by atoms with Gasteiger partial charge in [0.05, 0.1) is 11.3 Å². The molecule has 0 atom stereocenters. The van der Waals surface area contributed by atoms with Crippen LogP contribution in [0, 0.1) is 0 Å². The van der Waals surface area contributed by atoms with Crippen LogP contribution >= 0.6 is 24.0 Å². The Hall–Kier alpha value is -2.55. The van der Waals surface area contributed by atoms with Gasteiger partial charge >= 0.3 is 16.9 Å². The van der Waals surface area contributed by atoms with Gasteiger partial charge in [0.1, 0.15) is 0 Å². The van der Waals surface area contributed by atoms with Gasteiger partial charge in [-0.25, -0.2) is 4.79 Å². The Morgan fingerprint density at radius 2 is 2.09 bits per heavy atom. The van der Waals surface area contributed by atoms with Gasteiger partial charge in [-0.3, -0.25) is 14.5 Å². The largest absolute Gasteiger partial charge is 0.478 e. The van der Waals surface area contributed by atoms with Crippen LogP contribution in [0.1, 0.15) is 16.8 Å². The summed E-state index contributed by atoms with van der Waals surface area (Å²) >= 11 is 5.81. The molecule has 0 aromatic heterocycles. The summed E-state index contributed by atoms with van der Waals surface area (Å²) in [5, 5.41) is 11.4. The number of thiocarbonyl (C=S) groups is 1. The van der Waals surface area contributed by atoms with Crippen molar-refractivity contribution in [3.05, 3.63) is 35.4 Å². The third-order valence-corrected chi connectivity index (χ3v) is 4.23. The van der Waals surface area contributed by atoms with E-state index in [1.54, 1.807) is 12.1 Å². The normalized spacial score (nSPS) is 13.9. The quantitative estimate of drug-likeness (QED) is 0.467. The molecule has 1 aromatic rings. The zero-order valence-electron chi connectivity index (χ0n) is 11.6. The third-order valence-electron chi connectivity index (χ3n) is 2.92. The van der Waals surface area contributed by atoms with Gasteiger partial charge in [-0.2, -0.15) is 4.79 Å². The minimum atomic E-state index is -1.16. The van der Waals surface area contributed by atoms with Crippen LogP contribution in [-0.2, 0) is 9.59 Å². The molecule has 0 saturated carbocycles. The van der Waals surface area contributed by atoms with E-state index in [4.69, 9.17) is 22.9 Å². The lowest BCUT2D eigenvalue weighted by Gasteiger charge is -2.13. The molecule has 1 aliphatic heterocycles. The van der Waals surface area contributed by atoms with E-state index in [-0.39, 0.29) is 33.6 Å². The summed E-state index contributed by atoms with van der Waals surface area (Å²) in [7, 11) is 0. The second-order valence-electron chi connectivity index (χ2n) is 4.38. The number of hydrogen-bond donors (Lipinski definition) is 2. The Morgan fingerprint density at radius 1 is 1.39 bits per heavy atom. The first-order chi connectivity index (χ1) is 10.9. The van der Waals surface area contributed by atoms with Crippen molar-refractivity contribution < 1.29 is 24.3 Å². The van der Waals surface area contributed by atoms with E-state index in [0.717, 1.165) is 16.7 Å². The van der Waals surface area contributed by atoms with Gasteiger partial charge in [-0.15, -0.1) is 0 Å². The van der Waals surface area contributed by atoms with Gasteiger partial charge in [-0.1, -0.05) is 24.4 Å². The number of rotatable bonds is 5. The fourth-order valence-corrected chi connectivity index (χ4v) is 2.94. The molecular formula is C13H10N4O4S2. The predicted molar refractivity (Wildman–Crippen MR) is 87.2 cm³/mol. The smallest absolute Gasteiger partial charge is 0.420 e. The van der Waals surface area contributed by atoms with Crippen LogP contribution in [0.3, 0.4) is 0 Å². The summed E-state index contributed by atoms with van der Waals surface area (Å²) in [6.45, 7) is 0.00472. The minimum Gasteiger partial charge on any atom is -0.478 e. The van der Waals surface area contributed by atoms with Crippen molar-refractivity contribution in [3.8, 4) is 0 Å². The fraction of sp³-hybridized carbons (Fsp3) is 0.154. The van der Waals surface area contributed by atoms with E-state index < -0.39 is 17.8 Å². The van der Waals surface area contributed by atoms with Crippen LogP contribution in [-0.4, -0.2) is 48.5 Å². The van der Waals surface area contributed by atoms with E-state index in [1.807, 2.05) is 0 Å². The number of carbonyl (C=O) groups excluding carboxylic acids is 2. The summed E-state index contributed by atoms with van der Waals surface area (Å²) in [5.74, 6) is -2.19. The fourth-order valence-electron chi connectivity index (χ4n) is 1.84. The first kappa shape index (κ1) is 16.8. The predicted octanol–water partition coefficient (Wildman–Crippen LogP) is 1.20. The number of thioether (sulfide) groups is 1. The van der Waals surface area contributed by atoms with Crippen LogP contribution in [0.2, 0.25) is 0 Å². The Bertz CT molecular complexity index is 758. The highest BCUT2D eigenvalue weighted by Gasteiger charge is 2.40. The Balaban J connectivity index is 1.99. The molecule has 1 fully saturated rings. The molecule has 8 nitrogen and oxygen atoms in total. The number of aromatic carboxylic acids is 1. The first-order valence-corrected chi connectivity index (χ1v) is 7.54. The van der Waals surface area contributed by atoms with Gasteiger partial charge in [0.15, 0.2) is 4.32 Å². The molecule has 0 spiro atoms. The molecule has 1 saturated heterocycles. The first-order valence-electron chi connectivity index (χ1n) is 6.32. The number of carboxylic acid groups (broad SMARTS) is 1. The van der Waals surface area contributed by atoms with Crippen molar-refractivity contribution in [1.29, 1.82) is 0 Å². The number of carboxylic acids is 1.